The summed E-state index contributed by atoms with van der Waals surface area (Å²) in [7, 11) is 0. The minimum atomic E-state index is 0.739. The Hall–Kier alpha value is -2.30. The van der Waals surface area contributed by atoms with Crippen LogP contribution in [-0.2, 0) is 25.8 Å². The van der Waals surface area contributed by atoms with Crippen LogP contribution in [0.3, 0.4) is 0 Å². The van der Waals surface area contributed by atoms with Crippen molar-refractivity contribution in [1.82, 2.24) is 10.3 Å². The van der Waals surface area contributed by atoms with E-state index >= 15 is 0 Å². The van der Waals surface area contributed by atoms with E-state index in [0.29, 0.717) is 0 Å². The zero-order chi connectivity index (χ0) is 18.6. The van der Waals surface area contributed by atoms with Gasteiger partial charge in [-0.2, -0.15) is 0 Å². The summed E-state index contributed by atoms with van der Waals surface area (Å²) in [4.78, 5) is 4.49. The van der Waals surface area contributed by atoms with Crippen LogP contribution in [0.25, 0.3) is 11.3 Å². The predicted molar refractivity (Wildman–Crippen MR) is 110 cm³/mol. The molecule has 0 unspecified atom stereocenters. The smallest absolute Gasteiger partial charge is 0.194 e. The van der Waals surface area contributed by atoms with Gasteiger partial charge in [-0.05, 0) is 48.7 Å². The number of anilines is 1. The van der Waals surface area contributed by atoms with Crippen molar-refractivity contribution in [2.24, 2.45) is 0 Å². The van der Waals surface area contributed by atoms with Gasteiger partial charge in [-0.1, -0.05) is 48.9 Å². The maximum Gasteiger partial charge on any atom is 0.194 e. The second-order valence-corrected chi connectivity index (χ2v) is 7.25. The molecule has 2 heterocycles. The van der Waals surface area contributed by atoms with Gasteiger partial charge in [0.1, 0.15) is 12.0 Å². The molecule has 0 saturated carbocycles. The summed E-state index contributed by atoms with van der Waals surface area (Å²) in [6.07, 6.45) is 4.58. The molecular formula is C22H24ClN3O. The molecule has 5 heteroatoms. The molecule has 0 aliphatic carbocycles. The van der Waals surface area contributed by atoms with Gasteiger partial charge in [0.15, 0.2) is 5.89 Å². The number of rotatable bonds is 5. The van der Waals surface area contributed by atoms with E-state index in [1.165, 1.54) is 16.7 Å². The van der Waals surface area contributed by atoms with Crippen LogP contribution in [0.15, 0.2) is 47.1 Å². The number of benzene rings is 2. The fourth-order valence-electron chi connectivity index (χ4n) is 3.52. The van der Waals surface area contributed by atoms with Crippen molar-refractivity contribution in [3.63, 3.8) is 0 Å². The molecule has 140 valence electrons. The lowest BCUT2D eigenvalue weighted by Crippen LogP contribution is -2.16. The molecule has 0 fully saturated rings. The highest BCUT2D eigenvalue weighted by Crippen LogP contribution is 2.31. The molecule has 2 N–H and O–H groups in total. The number of oxazole rings is 1. The highest BCUT2D eigenvalue weighted by molar-refractivity contribution is 6.33. The Morgan fingerprint density at radius 3 is 2.70 bits per heavy atom. The fraction of sp³-hybridized carbons (Fsp3) is 0.318. The third kappa shape index (κ3) is 4.02. The lowest BCUT2D eigenvalue weighted by molar-refractivity contribution is 0.502. The van der Waals surface area contributed by atoms with E-state index in [1.807, 2.05) is 13.0 Å². The topological polar surface area (TPSA) is 50.1 Å². The van der Waals surface area contributed by atoms with Crippen molar-refractivity contribution in [3.05, 3.63) is 70.3 Å². The number of aromatic nitrogens is 1. The molecule has 4 rings (SSSR count). The standard InChI is InChI=1S/C22H24ClN3O/c1-2-21-26-20(14-27-21)17-5-3-15(4-6-17)13-25-22-18-10-12-24-11-9-16(18)7-8-19(22)23/h3-8,14,24-25H,2,9-13H2,1H3. The number of fused-ring (bicyclic) bond motifs is 1. The molecular weight excluding hydrogens is 358 g/mol. The highest BCUT2D eigenvalue weighted by atomic mass is 35.5. The molecule has 0 radical (unpaired) electrons. The number of halogens is 1. The van der Waals surface area contributed by atoms with E-state index < -0.39 is 0 Å². The Labute approximate surface area is 165 Å². The molecule has 0 amide bonds. The van der Waals surface area contributed by atoms with Gasteiger partial charge in [-0.25, -0.2) is 4.98 Å². The van der Waals surface area contributed by atoms with Crippen molar-refractivity contribution in [2.45, 2.75) is 32.7 Å². The molecule has 1 aliphatic rings. The van der Waals surface area contributed by atoms with Crippen molar-refractivity contribution in [2.75, 3.05) is 18.4 Å². The normalized spacial score (nSPS) is 13.9. The van der Waals surface area contributed by atoms with E-state index in [0.717, 1.165) is 66.8 Å². The van der Waals surface area contributed by atoms with Crippen molar-refractivity contribution in [3.8, 4) is 11.3 Å². The van der Waals surface area contributed by atoms with Crippen molar-refractivity contribution < 1.29 is 4.42 Å². The summed E-state index contributed by atoms with van der Waals surface area (Å²) in [5.41, 5.74) is 6.97. The number of hydrogen-bond acceptors (Lipinski definition) is 4. The minimum absolute atomic E-state index is 0.739. The Balaban J connectivity index is 1.49. The van der Waals surface area contributed by atoms with Crippen molar-refractivity contribution >= 4 is 17.3 Å². The van der Waals surface area contributed by atoms with E-state index in [2.05, 4.69) is 45.9 Å². The second-order valence-electron chi connectivity index (χ2n) is 6.84. The fourth-order valence-corrected chi connectivity index (χ4v) is 3.77. The first kappa shape index (κ1) is 18.1. The number of nitrogens with one attached hydrogen (secondary N) is 2. The lowest BCUT2D eigenvalue weighted by Gasteiger charge is -2.16. The van der Waals surface area contributed by atoms with Crippen molar-refractivity contribution in [1.29, 1.82) is 0 Å². The van der Waals surface area contributed by atoms with Crippen LogP contribution < -0.4 is 10.6 Å². The maximum absolute atomic E-state index is 6.50. The first-order valence-electron chi connectivity index (χ1n) is 9.53. The summed E-state index contributed by atoms with van der Waals surface area (Å²) in [5, 5.41) is 7.82. The van der Waals surface area contributed by atoms with E-state index in [4.69, 9.17) is 16.0 Å². The molecule has 0 saturated heterocycles. The van der Waals surface area contributed by atoms with Gasteiger partial charge in [-0.3, -0.25) is 0 Å². The van der Waals surface area contributed by atoms with E-state index in [9.17, 15) is 0 Å². The number of hydrogen-bond donors (Lipinski definition) is 2. The van der Waals surface area contributed by atoms with Crippen LogP contribution in [0.4, 0.5) is 5.69 Å². The molecule has 1 aliphatic heterocycles. The predicted octanol–water partition coefficient (Wildman–Crippen LogP) is 4.86. The molecule has 0 atom stereocenters. The Kier molecular flexibility index (Phi) is 5.46. The highest BCUT2D eigenvalue weighted by Gasteiger charge is 2.14. The Bertz CT molecular complexity index is 918. The van der Waals surface area contributed by atoms with Gasteiger partial charge >= 0.3 is 0 Å². The van der Waals surface area contributed by atoms with Crippen LogP contribution in [-0.4, -0.2) is 18.1 Å². The summed E-state index contributed by atoms with van der Waals surface area (Å²) in [6.45, 7) is 4.80. The van der Waals surface area contributed by atoms with Crippen LogP contribution in [0.1, 0.15) is 29.5 Å². The zero-order valence-electron chi connectivity index (χ0n) is 15.5. The van der Waals surface area contributed by atoms with Crippen LogP contribution in [0.5, 0.6) is 0 Å². The summed E-state index contributed by atoms with van der Waals surface area (Å²) in [5.74, 6) is 0.768. The first-order valence-corrected chi connectivity index (χ1v) is 9.91. The molecule has 0 spiro atoms. The summed E-state index contributed by atoms with van der Waals surface area (Å²) >= 11 is 6.50. The maximum atomic E-state index is 6.50. The monoisotopic (exact) mass is 381 g/mol. The van der Waals surface area contributed by atoms with Crippen LogP contribution in [0, 0.1) is 0 Å². The Morgan fingerprint density at radius 2 is 1.93 bits per heavy atom. The molecule has 2 aromatic carbocycles. The van der Waals surface area contributed by atoms with Gasteiger partial charge in [-0.15, -0.1) is 0 Å². The SMILES string of the molecule is CCc1nc(-c2ccc(CNc3c(Cl)ccc4c3CCNCC4)cc2)co1. The summed E-state index contributed by atoms with van der Waals surface area (Å²) in [6, 6.07) is 12.6. The minimum Gasteiger partial charge on any atom is -0.448 e. The largest absolute Gasteiger partial charge is 0.448 e. The molecule has 4 nitrogen and oxygen atoms in total. The van der Waals surface area contributed by atoms with E-state index in [-0.39, 0.29) is 0 Å². The van der Waals surface area contributed by atoms with Gasteiger partial charge < -0.3 is 15.1 Å². The average molecular weight is 382 g/mol. The third-order valence-electron chi connectivity index (χ3n) is 5.06. The van der Waals surface area contributed by atoms with Gasteiger partial charge in [0.05, 0.1) is 10.7 Å². The first-order chi connectivity index (χ1) is 13.2. The molecule has 27 heavy (non-hydrogen) atoms. The number of nitrogens with zero attached hydrogens (tertiary/aromatic N) is 1. The number of aryl methyl sites for hydroxylation is 1. The molecule has 1 aromatic heterocycles. The van der Waals surface area contributed by atoms with Gasteiger partial charge in [0, 0.05) is 18.5 Å². The van der Waals surface area contributed by atoms with Gasteiger partial charge in [0.2, 0.25) is 0 Å². The molecule has 3 aromatic rings. The van der Waals surface area contributed by atoms with E-state index in [1.54, 1.807) is 6.26 Å². The average Bonchev–Trinajstić information content (AvgIpc) is 3.06. The van der Waals surface area contributed by atoms with Crippen LogP contribution in [0.2, 0.25) is 5.02 Å². The summed E-state index contributed by atoms with van der Waals surface area (Å²) < 4.78 is 5.44. The zero-order valence-corrected chi connectivity index (χ0v) is 16.3. The third-order valence-corrected chi connectivity index (χ3v) is 5.37. The Morgan fingerprint density at radius 1 is 1.11 bits per heavy atom. The van der Waals surface area contributed by atoms with Crippen LogP contribution >= 0.6 is 11.6 Å². The van der Waals surface area contributed by atoms with Gasteiger partial charge in [0.25, 0.3) is 0 Å². The molecule has 0 bridgehead atoms. The second kappa shape index (κ2) is 8.15. The quantitative estimate of drug-likeness (QED) is 0.662. The lowest BCUT2D eigenvalue weighted by atomic mass is 10.0.